The van der Waals surface area contributed by atoms with Crippen molar-refractivity contribution in [1.82, 2.24) is 20.4 Å². The van der Waals surface area contributed by atoms with Crippen molar-refractivity contribution in [3.8, 4) is 0 Å². The van der Waals surface area contributed by atoms with Gasteiger partial charge < -0.3 is 19.5 Å². The average Bonchev–Trinajstić information content (AvgIpc) is 3.06. The van der Waals surface area contributed by atoms with Gasteiger partial charge in [0.25, 0.3) is 5.91 Å². The molecule has 4 rings (SSSR count). The van der Waals surface area contributed by atoms with Crippen LogP contribution in [0.4, 0.5) is 5.95 Å². The zero-order chi connectivity index (χ0) is 20.8. The number of nitrogens with one attached hydrogen (secondary N) is 1. The number of hydrogen-bond acceptors (Lipinski definition) is 7. The van der Waals surface area contributed by atoms with Crippen LogP contribution in [0.25, 0.3) is 0 Å². The van der Waals surface area contributed by atoms with Crippen molar-refractivity contribution >= 4 is 11.9 Å². The van der Waals surface area contributed by atoms with E-state index in [-0.39, 0.29) is 35.3 Å². The minimum absolute atomic E-state index is 0.0134. The summed E-state index contributed by atoms with van der Waals surface area (Å²) in [6.07, 6.45) is 3.82. The number of nitrogens with zero attached hydrogens (tertiary/aromatic N) is 4. The molecule has 29 heavy (non-hydrogen) atoms. The quantitative estimate of drug-likeness (QED) is 0.848. The van der Waals surface area contributed by atoms with Gasteiger partial charge in [0.2, 0.25) is 11.7 Å². The van der Waals surface area contributed by atoms with Crippen LogP contribution in [-0.2, 0) is 11.2 Å². The smallest absolute Gasteiger partial charge is 0.290 e. The summed E-state index contributed by atoms with van der Waals surface area (Å²) in [5.41, 5.74) is 2.67. The van der Waals surface area contributed by atoms with Gasteiger partial charge in [-0.3, -0.25) is 4.79 Å². The first-order valence-corrected chi connectivity index (χ1v) is 10.2. The maximum Gasteiger partial charge on any atom is 0.290 e. The van der Waals surface area contributed by atoms with E-state index in [2.05, 4.69) is 48.1 Å². The summed E-state index contributed by atoms with van der Waals surface area (Å²) >= 11 is 0. The van der Waals surface area contributed by atoms with Gasteiger partial charge >= 0.3 is 0 Å². The lowest BCUT2D eigenvalue weighted by Crippen LogP contribution is -2.46. The summed E-state index contributed by atoms with van der Waals surface area (Å²) in [6.45, 7) is 11.9. The molecule has 1 aliphatic heterocycles. The maximum atomic E-state index is 12.6. The monoisotopic (exact) mass is 399 g/mol. The molecule has 156 valence electrons. The number of aryl methyl sites for hydroxylation is 1. The van der Waals surface area contributed by atoms with Crippen LogP contribution in [0.5, 0.6) is 0 Å². The molecule has 2 aromatic rings. The summed E-state index contributed by atoms with van der Waals surface area (Å²) in [5, 5.41) is 6.89. The molecule has 0 bridgehead atoms. The number of ether oxygens (including phenoxy) is 1. The molecule has 0 aromatic carbocycles. The molecule has 0 radical (unpaired) electrons. The van der Waals surface area contributed by atoms with Crippen LogP contribution in [0.2, 0.25) is 0 Å². The van der Waals surface area contributed by atoms with Crippen molar-refractivity contribution in [1.29, 1.82) is 0 Å². The second-order valence-electron chi connectivity index (χ2n) is 9.14. The number of fused-ring (bicyclic) bond motifs is 1. The number of amides is 1. The number of carbonyl (C=O) groups excluding carboxylic acids is 1. The Bertz CT molecular complexity index is 899. The van der Waals surface area contributed by atoms with E-state index in [4.69, 9.17) is 14.2 Å². The minimum Gasteiger partial charge on any atom is -0.372 e. The van der Waals surface area contributed by atoms with Crippen molar-refractivity contribution < 1.29 is 14.1 Å². The van der Waals surface area contributed by atoms with Gasteiger partial charge in [-0.2, -0.15) is 0 Å². The van der Waals surface area contributed by atoms with Crippen molar-refractivity contribution in [2.75, 3.05) is 18.0 Å². The first kappa shape index (κ1) is 19.8. The Morgan fingerprint density at radius 2 is 2.00 bits per heavy atom. The van der Waals surface area contributed by atoms with Gasteiger partial charge in [0.15, 0.2) is 0 Å². The Morgan fingerprint density at radius 1 is 1.28 bits per heavy atom. The van der Waals surface area contributed by atoms with Gasteiger partial charge in [-0.1, -0.05) is 19.0 Å². The third-order valence-corrected chi connectivity index (χ3v) is 5.52. The highest BCUT2D eigenvalue weighted by atomic mass is 16.5. The molecule has 1 saturated heterocycles. The van der Waals surface area contributed by atoms with Crippen LogP contribution >= 0.6 is 0 Å². The molecular formula is C21H29N5O3. The van der Waals surface area contributed by atoms with Gasteiger partial charge in [0, 0.05) is 30.9 Å². The fraction of sp³-hybridized carbons (Fsp3) is 0.619. The van der Waals surface area contributed by atoms with Crippen molar-refractivity contribution in [3.63, 3.8) is 0 Å². The third-order valence-electron chi connectivity index (χ3n) is 5.52. The van der Waals surface area contributed by atoms with E-state index in [1.54, 1.807) is 13.0 Å². The number of hydrogen-bond donors (Lipinski definition) is 1. The molecule has 0 spiro atoms. The van der Waals surface area contributed by atoms with E-state index in [1.165, 1.54) is 0 Å². The summed E-state index contributed by atoms with van der Waals surface area (Å²) in [7, 11) is 0. The maximum absolute atomic E-state index is 12.6. The molecule has 3 heterocycles. The Balaban J connectivity index is 1.60. The summed E-state index contributed by atoms with van der Waals surface area (Å²) in [4.78, 5) is 24.4. The molecule has 3 unspecified atom stereocenters. The highest BCUT2D eigenvalue weighted by Gasteiger charge is 2.36. The predicted octanol–water partition coefficient (Wildman–Crippen LogP) is 2.83. The van der Waals surface area contributed by atoms with Gasteiger partial charge in [-0.05, 0) is 39.0 Å². The van der Waals surface area contributed by atoms with E-state index in [0.29, 0.717) is 5.69 Å². The molecule has 1 amide bonds. The largest absolute Gasteiger partial charge is 0.372 e. The molecule has 1 aliphatic carbocycles. The Kier molecular flexibility index (Phi) is 5.06. The van der Waals surface area contributed by atoms with Crippen molar-refractivity contribution in [2.45, 2.75) is 65.7 Å². The first-order chi connectivity index (χ1) is 13.7. The highest BCUT2D eigenvalue weighted by molar-refractivity contribution is 5.91. The number of anilines is 1. The lowest BCUT2D eigenvalue weighted by Gasteiger charge is -2.38. The third kappa shape index (κ3) is 4.27. The second kappa shape index (κ2) is 7.40. The molecule has 2 aromatic heterocycles. The summed E-state index contributed by atoms with van der Waals surface area (Å²) in [5.74, 6) is 0.694. The van der Waals surface area contributed by atoms with Gasteiger partial charge in [-0.15, -0.1) is 0 Å². The van der Waals surface area contributed by atoms with E-state index >= 15 is 0 Å². The number of carbonyl (C=O) groups is 1. The molecule has 1 N–H and O–H groups in total. The molecule has 1 fully saturated rings. The molecule has 0 saturated carbocycles. The molecule has 8 heteroatoms. The molecular weight excluding hydrogens is 370 g/mol. The second-order valence-corrected chi connectivity index (χ2v) is 9.14. The van der Waals surface area contributed by atoms with Crippen LogP contribution in [-0.4, -0.2) is 46.3 Å². The van der Waals surface area contributed by atoms with Gasteiger partial charge in [0.1, 0.15) is 0 Å². The summed E-state index contributed by atoms with van der Waals surface area (Å²) in [6, 6.07) is 1.48. The number of morpholine rings is 1. The zero-order valence-electron chi connectivity index (χ0n) is 17.7. The zero-order valence-corrected chi connectivity index (χ0v) is 17.7. The SMILES string of the molecule is Cc1cc(C(=O)NC2CC(C)(C)Cc3nc(N4CC(C)OC(C)C4)ncc32)on1. The van der Waals surface area contributed by atoms with Crippen LogP contribution in [0.15, 0.2) is 16.8 Å². The average molecular weight is 399 g/mol. The van der Waals surface area contributed by atoms with Crippen LogP contribution in [0.3, 0.4) is 0 Å². The lowest BCUT2D eigenvalue weighted by atomic mass is 9.74. The highest BCUT2D eigenvalue weighted by Crippen LogP contribution is 2.40. The molecule has 3 atom stereocenters. The fourth-order valence-corrected chi connectivity index (χ4v) is 4.36. The molecule has 8 nitrogen and oxygen atoms in total. The Labute approximate surface area is 171 Å². The van der Waals surface area contributed by atoms with Gasteiger partial charge in [0.05, 0.1) is 29.6 Å². The van der Waals surface area contributed by atoms with Crippen LogP contribution < -0.4 is 10.2 Å². The van der Waals surface area contributed by atoms with Crippen LogP contribution in [0, 0.1) is 12.3 Å². The summed E-state index contributed by atoms with van der Waals surface area (Å²) < 4.78 is 10.9. The Morgan fingerprint density at radius 3 is 2.66 bits per heavy atom. The first-order valence-electron chi connectivity index (χ1n) is 10.2. The normalized spacial score (nSPS) is 26.1. The standard InChI is InChI=1S/C21H29N5O3/c1-12-6-18(29-25-12)19(27)23-16-7-21(4,5)8-17-15(16)9-22-20(24-17)26-10-13(2)28-14(3)11-26/h6,9,13-14,16H,7-8,10-11H2,1-5H3,(H,23,27). The minimum atomic E-state index is -0.265. The van der Waals surface area contributed by atoms with E-state index in [0.717, 1.165) is 43.1 Å². The fourth-order valence-electron chi connectivity index (χ4n) is 4.36. The Hall–Kier alpha value is -2.48. The predicted molar refractivity (Wildman–Crippen MR) is 108 cm³/mol. The topological polar surface area (TPSA) is 93.4 Å². The van der Waals surface area contributed by atoms with Crippen LogP contribution in [0.1, 0.15) is 67.7 Å². The van der Waals surface area contributed by atoms with E-state index < -0.39 is 0 Å². The molecule has 2 aliphatic rings. The van der Waals surface area contributed by atoms with Gasteiger partial charge in [-0.25, -0.2) is 9.97 Å². The van der Waals surface area contributed by atoms with E-state index in [1.807, 2.05) is 6.20 Å². The lowest BCUT2D eigenvalue weighted by molar-refractivity contribution is -0.00575. The van der Waals surface area contributed by atoms with Crippen molar-refractivity contribution in [2.24, 2.45) is 5.41 Å². The number of aromatic nitrogens is 3. The van der Waals surface area contributed by atoms with E-state index in [9.17, 15) is 4.79 Å². The number of rotatable bonds is 3. The van der Waals surface area contributed by atoms with Crippen molar-refractivity contribution in [3.05, 3.63) is 35.0 Å².